The van der Waals surface area contributed by atoms with Crippen molar-refractivity contribution in [3.63, 3.8) is 0 Å². The maximum atomic E-state index is 12.2. The highest BCUT2D eigenvalue weighted by atomic mass is 33.2. The highest BCUT2D eigenvalue weighted by molar-refractivity contribution is 8.77. The molecule has 0 saturated heterocycles. The summed E-state index contributed by atoms with van der Waals surface area (Å²) >= 11 is 0. The minimum absolute atomic E-state index is 0.212. The molecular formula is C12H20O2S4. The van der Waals surface area contributed by atoms with Gasteiger partial charge in [0.2, 0.25) is 0 Å². The summed E-state index contributed by atoms with van der Waals surface area (Å²) in [4.78, 5) is 0. The van der Waals surface area contributed by atoms with E-state index in [2.05, 4.69) is 20.1 Å². The second kappa shape index (κ2) is 8.61. The Labute approximate surface area is 122 Å². The van der Waals surface area contributed by atoms with Crippen LogP contribution in [0.25, 0.3) is 0 Å². The van der Waals surface area contributed by atoms with Gasteiger partial charge in [0, 0.05) is 11.5 Å². The van der Waals surface area contributed by atoms with Crippen LogP contribution in [0.4, 0.5) is 0 Å². The van der Waals surface area contributed by atoms with Gasteiger partial charge in [-0.2, -0.15) is 0 Å². The van der Waals surface area contributed by atoms with Gasteiger partial charge < -0.3 is 0 Å². The number of rotatable bonds is 9. The Bertz CT molecular complexity index is 313. The van der Waals surface area contributed by atoms with Crippen molar-refractivity contribution in [3.8, 4) is 0 Å². The van der Waals surface area contributed by atoms with Crippen molar-refractivity contribution >= 4 is 41.3 Å². The van der Waals surface area contributed by atoms with Crippen molar-refractivity contribution in [1.29, 1.82) is 0 Å². The summed E-state index contributed by atoms with van der Waals surface area (Å²) in [6, 6.07) is 0. The first-order chi connectivity index (χ1) is 8.60. The van der Waals surface area contributed by atoms with Crippen LogP contribution < -0.4 is 0 Å². The van der Waals surface area contributed by atoms with Crippen molar-refractivity contribution < 1.29 is 8.42 Å². The SMILES string of the molecule is C=CCSS(=O)C(C1CC(C)C1)S(=O)SCC=C. The van der Waals surface area contributed by atoms with Crippen molar-refractivity contribution in [2.24, 2.45) is 11.8 Å². The predicted octanol–water partition coefficient (Wildman–Crippen LogP) is 3.52. The fraction of sp³-hybridized carbons (Fsp3) is 0.667. The first kappa shape index (κ1) is 16.5. The molecule has 0 amide bonds. The second-order valence-electron chi connectivity index (χ2n) is 4.37. The van der Waals surface area contributed by atoms with Gasteiger partial charge in [0.25, 0.3) is 0 Å². The van der Waals surface area contributed by atoms with E-state index in [0.717, 1.165) is 12.8 Å². The summed E-state index contributed by atoms with van der Waals surface area (Å²) in [5.74, 6) is 2.32. The van der Waals surface area contributed by atoms with Crippen LogP contribution in [0.15, 0.2) is 25.3 Å². The van der Waals surface area contributed by atoms with Gasteiger partial charge in [-0.15, -0.1) is 13.2 Å². The molecule has 0 heterocycles. The summed E-state index contributed by atoms with van der Waals surface area (Å²) in [5.41, 5.74) is 0. The first-order valence-electron chi connectivity index (χ1n) is 5.89. The highest BCUT2D eigenvalue weighted by Crippen LogP contribution is 2.42. The molecule has 0 radical (unpaired) electrons. The monoisotopic (exact) mass is 324 g/mol. The Hall–Kier alpha value is 0.480. The zero-order valence-corrected chi connectivity index (χ0v) is 13.8. The Kier molecular flexibility index (Phi) is 7.91. The van der Waals surface area contributed by atoms with Gasteiger partial charge >= 0.3 is 0 Å². The molecule has 104 valence electrons. The fourth-order valence-electron chi connectivity index (χ4n) is 1.93. The lowest BCUT2D eigenvalue weighted by atomic mass is 9.77. The van der Waals surface area contributed by atoms with E-state index in [0.29, 0.717) is 23.3 Å². The third kappa shape index (κ3) is 4.87. The van der Waals surface area contributed by atoms with E-state index >= 15 is 0 Å². The quantitative estimate of drug-likeness (QED) is 0.480. The Morgan fingerprint density at radius 3 is 1.94 bits per heavy atom. The lowest BCUT2D eigenvalue weighted by molar-refractivity contribution is 0.228. The third-order valence-corrected chi connectivity index (χ3v) is 10.7. The first-order valence-corrected chi connectivity index (χ1v) is 11.3. The topological polar surface area (TPSA) is 34.1 Å². The van der Waals surface area contributed by atoms with E-state index in [9.17, 15) is 8.42 Å². The smallest absolute Gasteiger partial charge is 0.133 e. The average Bonchev–Trinajstić information content (AvgIpc) is 2.31. The maximum Gasteiger partial charge on any atom is 0.133 e. The van der Waals surface area contributed by atoms with Gasteiger partial charge in [-0.1, -0.05) is 40.7 Å². The molecule has 6 heteroatoms. The van der Waals surface area contributed by atoms with E-state index < -0.39 is 19.7 Å². The largest absolute Gasteiger partial charge is 0.247 e. The summed E-state index contributed by atoms with van der Waals surface area (Å²) in [6.07, 6.45) is 5.57. The summed E-state index contributed by atoms with van der Waals surface area (Å²) in [5, 5.41) is 0. The fourth-order valence-corrected chi connectivity index (χ4v) is 10.1. The van der Waals surface area contributed by atoms with Gasteiger partial charge in [-0.3, -0.25) is 0 Å². The molecule has 2 nitrogen and oxygen atoms in total. The van der Waals surface area contributed by atoms with Crippen LogP contribution in [0.2, 0.25) is 0 Å². The molecule has 1 aliphatic carbocycles. The molecule has 0 N–H and O–H groups in total. The molecule has 0 aromatic heterocycles. The zero-order chi connectivity index (χ0) is 13.5. The average molecular weight is 325 g/mol. The molecule has 2 atom stereocenters. The Balaban J connectivity index is 2.62. The predicted molar refractivity (Wildman–Crippen MR) is 87.3 cm³/mol. The summed E-state index contributed by atoms with van der Waals surface area (Å²) in [7, 11) is 0.505. The highest BCUT2D eigenvalue weighted by Gasteiger charge is 2.39. The molecule has 1 fully saturated rings. The van der Waals surface area contributed by atoms with Crippen molar-refractivity contribution in [1.82, 2.24) is 0 Å². The maximum absolute atomic E-state index is 12.2. The van der Waals surface area contributed by atoms with Gasteiger partial charge in [0.15, 0.2) is 0 Å². The van der Waals surface area contributed by atoms with E-state index in [-0.39, 0.29) is 4.58 Å². The van der Waals surface area contributed by atoms with E-state index in [1.807, 2.05) is 0 Å². The second-order valence-corrected chi connectivity index (χ2v) is 11.3. The van der Waals surface area contributed by atoms with Crippen LogP contribution in [-0.2, 0) is 19.7 Å². The van der Waals surface area contributed by atoms with E-state index in [4.69, 9.17) is 0 Å². The summed E-state index contributed by atoms with van der Waals surface area (Å²) in [6.45, 7) is 9.44. The minimum Gasteiger partial charge on any atom is -0.247 e. The lowest BCUT2D eigenvalue weighted by Crippen LogP contribution is -2.36. The molecule has 18 heavy (non-hydrogen) atoms. The molecule has 2 unspecified atom stereocenters. The molecule has 0 aromatic rings. The van der Waals surface area contributed by atoms with Crippen LogP contribution in [-0.4, -0.2) is 24.5 Å². The van der Waals surface area contributed by atoms with Crippen LogP contribution in [0.3, 0.4) is 0 Å². The molecule has 0 bridgehead atoms. The molecule has 1 aliphatic rings. The molecular weight excluding hydrogens is 304 g/mol. The van der Waals surface area contributed by atoms with Gasteiger partial charge in [0.05, 0.1) is 19.7 Å². The Morgan fingerprint density at radius 2 is 1.61 bits per heavy atom. The van der Waals surface area contributed by atoms with E-state index in [1.165, 1.54) is 21.6 Å². The summed E-state index contributed by atoms with van der Waals surface area (Å²) < 4.78 is 24.3. The number of hydrogen-bond acceptors (Lipinski definition) is 4. The van der Waals surface area contributed by atoms with Gasteiger partial charge in [-0.25, -0.2) is 8.42 Å². The third-order valence-electron chi connectivity index (χ3n) is 2.78. The van der Waals surface area contributed by atoms with Crippen LogP contribution >= 0.6 is 21.6 Å². The molecule has 1 saturated carbocycles. The van der Waals surface area contributed by atoms with Gasteiger partial charge in [0.1, 0.15) is 4.58 Å². The van der Waals surface area contributed by atoms with Crippen molar-refractivity contribution in [3.05, 3.63) is 25.3 Å². The van der Waals surface area contributed by atoms with E-state index in [1.54, 1.807) is 12.2 Å². The molecule has 0 spiro atoms. The van der Waals surface area contributed by atoms with Crippen LogP contribution in [0, 0.1) is 11.8 Å². The molecule has 1 rings (SSSR count). The van der Waals surface area contributed by atoms with Crippen molar-refractivity contribution in [2.45, 2.75) is 24.3 Å². The van der Waals surface area contributed by atoms with Crippen molar-refractivity contribution in [2.75, 3.05) is 11.5 Å². The normalized spacial score (nSPS) is 27.8. The molecule has 0 aliphatic heterocycles. The number of hydrogen-bond donors (Lipinski definition) is 0. The molecule has 0 aromatic carbocycles. The zero-order valence-electron chi connectivity index (χ0n) is 10.6. The Morgan fingerprint density at radius 1 is 1.17 bits per heavy atom. The standard InChI is InChI=1S/C12H20O2S4/c1-4-6-15-17(13)12(11-8-10(3)9-11)18(14)16-7-5-2/h4-5,10-12H,1-2,6-9H2,3H3. The minimum atomic E-state index is -1.09. The van der Waals surface area contributed by atoms with Crippen LogP contribution in [0.5, 0.6) is 0 Å². The van der Waals surface area contributed by atoms with Gasteiger partial charge in [-0.05, 0) is 24.7 Å². The lowest BCUT2D eigenvalue weighted by Gasteiger charge is -2.37. The van der Waals surface area contributed by atoms with Crippen LogP contribution in [0.1, 0.15) is 19.8 Å².